The van der Waals surface area contributed by atoms with Crippen LogP contribution in [0.2, 0.25) is 5.02 Å². The van der Waals surface area contributed by atoms with Gasteiger partial charge in [-0.05, 0) is 70.7 Å². The number of rotatable bonds is 1. The Balaban J connectivity index is 2.05. The van der Waals surface area contributed by atoms with Crippen molar-refractivity contribution in [1.82, 2.24) is 9.38 Å². The quantitative estimate of drug-likeness (QED) is 0.455. The smallest absolute Gasteiger partial charge is 0.267 e. The van der Waals surface area contributed by atoms with E-state index in [-0.39, 0.29) is 5.56 Å². The van der Waals surface area contributed by atoms with Crippen LogP contribution in [0.3, 0.4) is 0 Å². The van der Waals surface area contributed by atoms with Gasteiger partial charge in [0.2, 0.25) is 0 Å². The van der Waals surface area contributed by atoms with Crippen LogP contribution >= 0.6 is 38.9 Å². The van der Waals surface area contributed by atoms with Crippen LogP contribution in [0.15, 0.2) is 39.6 Å². The third-order valence-corrected chi connectivity index (χ3v) is 6.30. The molecule has 24 heavy (non-hydrogen) atoms. The van der Waals surface area contributed by atoms with Gasteiger partial charge in [-0.15, -0.1) is 0 Å². The number of hydrogen-bond acceptors (Lipinski definition) is 3. The monoisotopic (exact) mass is 418 g/mol. The SMILES string of the molecule is Cc1cc2c(nc3sc(=Cc4cccc(Cl)c4)c(=O)n32)c(Br)c1C. The minimum absolute atomic E-state index is 0.0485. The molecule has 0 spiro atoms. The molecule has 0 aliphatic heterocycles. The molecule has 0 saturated carbocycles. The highest BCUT2D eigenvalue weighted by Gasteiger charge is 2.15. The first kappa shape index (κ1) is 15.8. The minimum atomic E-state index is -0.0485. The lowest BCUT2D eigenvalue weighted by atomic mass is 10.1. The Morgan fingerprint density at radius 1 is 1.29 bits per heavy atom. The van der Waals surface area contributed by atoms with Crippen molar-refractivity contribution in [3.63, 3.8) is 0 Å². The fourth-order valence-electron chi connectivity index (χ4n) is 2.73. The average molecular weight is 420 g/mol. The van der Waals surface area contributed by atoms with E-state index in [4.69, 9.17) is 11.6 Å². The lowest BCUT2D eigenvalue weighted by molar-refractivity contribution is 1.18. The molecule has 0 N–H and O–H groups in total. The van der Waals surface area contributed by atoms with Crippen molar-refractivity contribution in [2.45, 2.75) is 13.8 Å². The third kappa shape index (κ3) is 2.39. The van der Waals surface area contributed by atoms with E-state index >= 15 is 0 Å². The van der Waals surface area contributed by atoms with Crippen molar-refractivity contribution in [3.8, 4) is 0 Å². The number of imidazole rings is 1. The number of halogens is 2. The zero-order chi connectivity index (χ0) is 17.0. The van der Waals surface area contributed by atoms with Crippen LogP contribution in [0.25, 0.3) is 22.1 Å². The van der Waals surface area contributed by atoms with Gasteiger partial charge in [-0.2, -0.15) is 0 Å². The lowest BCUT2D eigenvalue weighted by Gasteiger charge is -2.03. The van der Waals surface area contributed by atoms with E-state index in [0.717, 1.165) is 32.2 Å². The summed E-state index contributed by atoms with van der Waals surface area (Å²) in [5.41, 5.74) is 4.80. The van der Waals surface area contributed by atoms with E-state index in [1.807, 2.05) is 50.3 Å². The Morgan fingerprint density at radius 3 is 2.83 bits per heavy atom. The second-order valence-corrected chi connectivity index (χ2v) is 7.94. The first-order valence-corrected chi connectivity index (χ1v) is 9.32. The van der Waals surface area contributed by atoms with Crippen LogP contribution in [-0.4, -0.2) is 9.38 Å². The van der Waals surface area contributed by atoms with Gasteiger partial charge in [0.25, 0.3) is 5.56 Å². The van der Waals surface area contributed by atoms with Gasteiger partial charge >= 0.3 is 0 Å². The molecule has 0 bridgehead atoms. The zero-order valence-corrected chi connectivity index (χ0v) is 16.1. The molecule has 4 aromatic rings. The maximum Gasteiger partial charge on any atom is 0.274 e. The fourth-order valence-corrected chi connectivity index (χ4v) is 4.51. The molecule has 2 aromatic heterocycles. The summed E-state index contributed by atoms with van der Waals surface area (Å²) in [4.78, 5) is 18.2. The van der Waals surface area contributed by atoms with E-state index in [1.54, 1.807) is 4.40 Å². The van der Waals surface area contributed by atoms with Crippen LogP contribution in [0.1, 0.15) is 16.7 Å². The Hall–Kier alpha value is -1.69. The Bertz CT molecular complexity index is 1230. The lowest BCUT2D eigenvalue weighted by Crippen LogP contribution is -2.22. The maximum atomic E-state index is 12.9. The van der Waals surface area contributed by atoms with Crippen molar-refractivity contribution in [3.05, 3.63) is 71.4 Å². The van der Waals surface area contributed by atoms with Crippen LogP contribution in [-0.2, 0) is 0 Å². The minimum Gasteiger partial charge on any atom is -0.267 e. The summed E-state index contributed by atoms with van der Waals surface area (Å²) >= 11 is 11.0. The van der Waals surface area contributed by atoms with E-state index in [1.165, 1.54) is 11.3 Å². The van der Waals surface area contributed by atoms with Crippen molar-refractivity contribution in [2.24, 2.45) is 0 Å². The molecular weight excluding hydrogens is 408 g/mol. The largest absolute Gasteiger partial charge is 0.274 e. The molecule has 0 atom stereocenters. The number of benzene rings is 2. The molecular formula is C18H12BrClN2OS. The normalized spacial score (nSPS) is 12.6. The zero-order valence-electron chi connectivity index (χ0n) is 12.9. The van der Waals surface area contributed by atoms with Crippen LogP contribution < -0.4 is 10.1 Å². The molecule has 4 rings (SSSR count). The number of hydrogen-bond donors (Lipinski definition) is 0. The topological polar surface area (TPSA) is 34.4 Å². The van der Waals surface area contributed by atoms with Crippen LogP contribution in [0.5, 0.6) is 0 Å². The molecule has 0 aliphatic carbocycles. The third-order valence-electron chi connectivity index (χ3n) is 4.13. The summed E-state index contributed by atoms with van der Waals surface area (Å²) in [6.07, 6.45) is 1.86. The van der Waals surface area contributed by atoms with Gasteiger partial charge in [0.1, 0.15) is 5.52 Å². The van der Waals surface area contributed by atoms with Crippen LogP contribution in [0, 0.1) is 13.8 Å². The second-order valence-electron chi connectivity index (χ2n) is 5.70. The summed E-state index contributed by atoms with van der Waals surface area (Å²) in [5, 5.41) is 0.651. The summed E-state index contributed by atoms with van der Waals surface area (Å²) in [5.74, 6) is 0. The molecule has 2 heterocycles. The molecule has 0 aliphatic rings. The molecule has 6 heteroatoms. The highest BCUT2D eigenvalue weighted by atomic mass is 79.9. The van der Waals surface area contributed by atoms with E-state index < -0.39 is 0 Å². The molecule has 0 unspecified atom stereocenters. The molecule has 0 amide bonds. The van der Waals surface area contributed by atoms with Crippen LogP contribution in [0.4, 0.5) is 0 Å². The van der Waals surface area contributed by atoms with Gasteiger partial charge < -0.3 is 0 Å². The highest BCUT2D eigenvalue weighted by Crippen LogP contribution is 2.30. The molecule has 0 fully saturated rings. The van der Waals surface area contributed by atoms with Gasteiger partial charge in [0.15, 0.2) is 4.96 Å². The second kappa shape index (κ2) is 5.69. The number of aryl methyl sites for hydroxylation is 1. The summed E-state index contributed by atoms with van der Waals surface area (Å²) in [7, 11) is 0. The van der Waals surface area contributed by atoms with Crippen molar-refractivity contribution >= 4 is 60.9 Å². The van der Waals surface area contributed by atoms with Gasteiger partial charge in [-0.1, -0.05) is 35.1 Å². The molecule has 2 aromatic carbocycles. The number of thiazole rings is 1. The van der Waals surface area contributed by atoms with E-state index in [0.29, 0.717) is 14.5 Å². The standard InChI is InChI=1S/C18H12BrClN2OS/c1-9-6-13-16(15(19)10(9)2)21-18-22(13)17(23)14(24-18)8-11-4-3-5-12(20)7-11/h3-8H,1-2H3. The highest BCUT2D eigenvalue weighted by molar-refractivity contribution is 9.10. The van der Waals surface area contributed by atoms with Gasteiger partial charge in [0, 0.05) is 9.50 Å². The summed E-state index contributed by atoms with van der Waals surface area (Å²) < 4.78 is 3.29. The number of fused-ring (bicyclic) bond motifs is 3. The summed E-state index contributed by atoms with van der Waals surface area (Å²) in [6, 6.07) is 9.47. The molecule has 3 nitrogen and oxygen atoms in total. The van der Waals surface area contributed by atoms with Crippen molar-refractivity contribution < 1.29 is 0 Å². The average Bonchev–Trinajstić information content (AvgIpc) is 3.03. The number of aromatic nitrogens is 2. The first-order valence-electron chi connectivity index (χ1n) is 7.33. The van der Waals surface area contributed by atoms with Gasteiger partial charge in [0.05, 0.1) is 10.0 Å². The Kier molecular flexibility index (Phi) is 3.75. The van der Waals surface area contributed by atoms with Crippen molar-refractivity contribution in [2.75, 3.05) is 0 Å². The fraction of sp³-hybridized carbons (Fsp3) is 0.111. The van der Waals surface area contributed by atoms with Crippen molar-refractivity contribution in [1.29, 1.82) is 0 Å². The first-order chi connectivity index (χ1) is 11.5. The van der Waals surface area contributed by atoms with E-state index in [2.05, 4.69) is 20.9 Å². The Labute approximate surface area is 155 Å². The summed E-state index contributed by atoms with van der Waals surface area (Å²) in [6.45, 7) is 4.08. The van der Waals surface area contributed by atoms with E-state index in [9.17, 15) is 4.79 Å². The maximum absolute atomic E-state index is 12.9. The molecule has 0 radical (unpaired) electrons. The van der Waals surface area contributed by atoms with Gasteiger partial charge in [-0.25, -0.2) is 9.38 Å². The molecule has 120 valence electrons. The number of nitrogens with zero attached hydrogens (tertiary/aromatic N) is 2. The predicted molar refractivity (Wildman–Crippen MR) is 104 cm³/mol. The predicted octanol–water partition coefficient (Wildman–Crippen LogP) is 4.49. The van der Waals surface area contributed by atoms with Gasteiger partial charge in [-0.3, -0.25) is 4.79 Å². The Morgan fingerprint density at radius 2 is 2.08 bits per heavy atom. The molecule has 0 saturated heterocycles.